The fourth-order valence-electron chi connectivity index (χ4n) is 1.57. The number of hydrogen-bond acceptors (Lipinski definition) is 1. The van der Waals surface area contributed by atoms with Crippen LogP contribution in [0.5, 0.6) is 0 Å². The summed E-state index contributed by atoms with van der Waals surface area (Å²) in [5.74, 6) is -0.138. The molecule has 0 saturated carbocycles. The van der Waals surface area contributed by atoms with Gasteiger partial charge in [0.25, 0.3) is 0 Å². The first-order valence-corrected chi connectivity index (χ1v) is 4.17. The van der Waals surface area contributed by atoms with Crippen LogP contribution in [0.4, 0.5) is 4.39 Å². The van der Waals surface area contributed by atoms with E-state index < -0.39 is 0 Å². The minimum absolute atomic E-state index is 0.138. The van der Waals surface area contributed by atoms with Crippen molar-refractivity contribution in [1.82, 2.24) is 5.32 Å². The van der Waals surface area contributed by atoms with E-state index in [4.69, 9.17) is 0 Å². The molecule has 1 saturated heterocycles. The Kier molecular flexibility index (Phi) is 1.65. The smallest absolute Gasteiger partial charge is 0.123 e. The summed E-state index contributed by atoms with van der Waals surface area (Å²) in [7, 11) is 0. The second-order valence-corrected chi connectivity index (χ2v) is 3.67. The van der Waals surface area contributed by atoms with Crippen LogP contribution in [0.3, 0.4) is 0 Å². The van der Waals surface area contributed by atoms with Crippen LogP contribution in [-0.4, -0.2) is 13.1 Å². The average Bonchev–Trinajstić information content (AvgIpc) is 2.00. The van der Waals surface area contributed by atoms with Gasteiger partial charge in [-0.1, -0.05) is 19.1 Å². The van der Waals surface area contributed by atoms with Crippen molar-refractivity contribution in [2.45, 2.75) is 12.3 Å². The first-order valence-electron chi connectivity index (χ1n) is 4.17. The van der Waals surface area contributed by atoms with Gasteiger partial charge in [0.05, 0.1) is 0 Å². The van der Waals surface area contributed by atoms with E-state index in [2.05, 4.69) is 12.2 Å². The molecule has 2 rings (SSSR count). The highest BCUT2D eigenvalue weighted by molar-refractivity contribution is 5.28. The summed E-state index contributed by atoms with van der Waals surface area (Å²) in [6.45, 7) is 4.06. The van der Waals surface area contributed by atoms with Crippen LogP contribution in [0.15, 0.2) is 24.3 Å². The van der Waals surface area contributed by atoms with Gasteiger partial charge in [0.2, 0.25) is 0 Å². The predicted octanol–water partition coefficient (Wildman–Crippen LogP) is 1.69. The van der Waals surface area contributed by atoms with Gasteiger partial charge in [0.15, 0.2) is 0 Å². The summed E-state index contributed by atoms with van der Waals surface area (Å²) in [5.41, 5.74) is 1.25. The lowest BCUT2D eigenvalue weighted by molar-refractivity contribution is 0.304. The Morgan fingerprint density at radius 1 is 1.42 bits per heavy atom. The molecule has 1 aromatic rings. The fraction of sp³-hybridized carbons (Fsp3) is 0.400. The zero-order valence-corrected chi connectivity index (χ0v) is 7.10. The third-order valence-corrected chi connectivity index (χ3v) is 2.55. The number of rotatable bonds is 1. The third kappa shape index (κ3) is 1.12. The summed E-state index contributed by atoms with van der Waals surface area (Å²) in [4.78, 5) is 0. The molecule has 1 nitrogen and oxygen atoms in total. The molecule has 64 valence electrons. The maximum absolute atomic E-state index is 12.8. The van der Waals surface area contributed by atoms with Crippen LogP contribution >= 0.6 is 0 Å². The normalized spacial score (nSPS) is 20.2. The third-order valence-electron chi connectivity index (χ3n) is 2.55. The number of nitrogens with one attached hydrogen (secondary N) is 1. The van der Waals surface area contributed by atoms with Gasteiger partial charge in [-0.3, -0.25) is 0 Å². The molecule has 0 bridgehead atoms. The molecule has 2 heteroatoms. The molecule has 1 aromatic carbocycles. The van der Waals surface area contributed by atoms with Crippen LogP contribution < -0.4 is 5.32 Å². The Labute approximate surface area is 71.6 Å². The number of hydrogen-bond donors (Lipinski definition) is 1. The molecular formula is C10H12FN. The molecule has 12 heavy (non-hydrogen) atoms. The largest absolute Gasteiger partial charge is 0.315 e. The van der Waals surface area contributed by atoms with E-state index in [-0.39, 0.29) is 11.2 Å². The Morgan fingerprint density at radius 3 is 2.67 bits per heavy atom. The SMILES string of the molecule is CC1(c2cccc(F)c2)CNC1. The molecule has 0 spiro atoms. The number of benzene rings is 1. The molecule has 1 aliphatic heterocycles. The van der Waals surface area contributed by atoms with Crippen LogP contribution in [0, 0.1) is 5.82 Å². The van der Waals surface area contributed by atoms with Crippen molar-refractivity contribution in [2.24, 2.45) is 0 Å². The van der Waals surface area contributed by atoms with E-state index >= 15 is 0 Å². The molecule has 0 radical (unpaired) electrons. The minimum Gasteiger partial charge on any atom is -0.315 e. The van der Waals surface area contributed by atoms with Crippen molar-refractivity contribution >= 4 is 0 Å². The summed E-state index contributed by atoms with van der Waals surface area (Å²) in [6, 6.07) is 6.87. The van der Waals surface area contributed by atoms with Crippen molar-refractivity contribution < 1.29 is 4.39 Å². The first kappa shape index (κ1) is 7.74. The highest BCUT2D eigenvalue weighted by Gasteiger charge is 2.33. The van der Waals surface area contributed by atoms with Crippen molar-refractivity contribution in [3.05, 3.63) is 35.6 Å². The maximum Gasteiger partial charge on any atom is 0.123 e. The van der Waals surface area contributed by atoms with Crippen LogP contribution in [0.25, 0.3) is 0 Å². The topological polar surface area (TPSA) is 12.0 Å². The number of halogens is 1. The average molecular weight is 165 g/mol. The van der Waals surface area contributed by atoms with Crippen LogP contribution in [-0.2, 0) is 5.41 Å². The maximum atomic E-state index is 12.8. The molecule has 1 N–H and O–H groups in total. The quantitative estimate of drug-likeness (QED) is 0.667. The molecule has 0 atom stereocenters. The lowest BCUT2D eigenvalue weighted by Crippen LogP contribution is -2.54. The molecule has 0 aliphatic carbocycles. The van der Waals surface area contributed by atoms with Crippen LogP contribution in [0.2, 0.25) is 0 Å². The van der Waals surface area contributed by atoms with Gasteiger partial charge in [-0.2, -0.15) is 0 Å². The zero-order chi connectivity index (χ0) is 8.60. The van der Waals surface area contributed by atoms with E-state index in [1.807, 2.05) is 6.07 Å². The van der Waals surface area contributed by atoms with Gasteiger partial charge in [-0.15, -0.1) is 0 Å². The molecule has 1 fully saturated rings. The van der Waals surface area contributed by atoms with E-state index in [9.17, 15) is 4.39 Å². The summed E-state index contributed by atoms with van der Waals surface area (Å²) in [6.07, 6.45) is 0. The van der Waals surface area contributed by atoms with Crippen molar-refractivity contribution in [3.8, 4) is 0 Å². The van der Waals surface area contributed by atoms with Crippen molar-refractivity contribution in [3.63, 3.8) is 0 Å². The summed E-state index contributed by atoms with van der Waals surface area (Å²) < 4.78 is 12.8. The van der Waals surface area contributed by atoms with Gasteiger partial charge in [-0.05, 0) is 17.7 Å². The molecule has 1 heterocycles. The molecule has 0 unspecified atom stereocenters. The van der Waals surface area contributed by atoms with Gasteiger partial charge in [0.1, 0.15) is 5.82 Å². The second kappa shape index (κ2) is 2.56. The van der Waals surface area contributed by atoms with Gasteiger partial charge < -0.3 is 5.32 Å². The van der Waals surface area contributed by atoms with E-state index in [0.29, 0.717) is 0 Å². The minimum atomic E-state index is -0.138. The predicted molar refractivity (Wildman–Crippen MR) is 46.6 cm³/mol. The Hall–Kier alpha value is -0.890. The van der Waals surface area contributed by atoms with Gasteiger partial charge in [-0.25, -0.2) is 4.39 Å². The van der Waals surface area contributed by atoms with Crippen molar-refractivity contribution in [2.75, 3.05) is 13.1 Å². The standard InChI is InChI=1S/C10H12FN/c1-10(6-12-7-10)8-3-2-4-9(11)5-8/h2-5,12H,6-7H2,1H3. The monoisotopic (exact) mass is 165 g/mol. The molecule has 0 aromatic heterocycles. The summed E-state index contributed by atoms with van der Waals surface area (Å²) >= 11 is 0. The highest BCUT2D eigenvalue weighted by atomic mass is 19.1. The van der Waals surface area contributed by atoms with Gasteiger partial charge >= 0.3 is 0 Å². The Balaban J connectivity index is 2.33. The second-order valence-electron chi connectivity index (χ2n) is 3.67. The van der Waals surface area contributed by atoms with Crippen LogP contribution in [0.1, 0.15) is 12.5 Å². The van der Waals surface area contributed by atoms with Gasteiger partial charge in [0, 0.05) is 18.5 Å². The molecule has 1 aliphatic rings. The zero-order valence-electron chi connectivity index (χ0n) is 7.10. The van der Waals surface area contributed by atoms with E-state index in [1.165, 1.54) is 6.07 Å². The fourth-order valence-corrected chi connectivity index (χ4v) is 1.57. The summed E-state index contributed by atoms with van der Waals surface area (Å²) in [5, 5.41) is 3.20. The molecular weight excluding hydrogens is 153 g/mol. The van der Waals surface area contributed by atoms with Crippen molar-refractivity contribution in [1.29, 1.82) is 0 Å². The Bertz CT molecular complexity index is 292. The van der Waals surface area contributed by atoms with E-state index in [0.717, 1.165) is 18.7 Å². The first-order chi connectivity index (χ1) is 5.71. The van der Waals surface area contributed by atoms with E-state index in [1.54, 1.807) is 12.1 Å². The lowest BCUT2D eigenvalue weighted by Gasteiger charge is -2.39. The lowest BCUT2D eigenvalue weighted by atomic mass is 9.77. The molecule has 0 amide bonds. The Morgan fingerprint density at radius 2 is 2.17 bits per heavy atom. The highest BCUT2D eigenvalue weighted by Crippen LogP contribution is 2.27.